The first-order chi connectivity index (χ1) is 13.3. The van der Waals surface area contributed by atoms with Crippen molar-refractivity contribution in [1.29, 1.82) is 0 Å². The maximum Gasteiger partial charge on any atom is 0.241 e. The summed E-state index contributed by atoms with van der Waals surface area (Å²) in [6.45, 7) is 6.83. The Bertz CT molecular complexity index is 635. The quantitative estimate of drug-likeness (QED) is 0.634. The number of β-amino-alcohol motifs (C(OH)–C–C–N with tert-alkyl or cyclic N) is 1. The molecule has 0 spiro atoms. The second-order valence-corrected chi connectivity index (χ2v) is 7.43. The van der Waals surface area contributed by atoms with Crippen molar-refractivity contribution in [2.24, 2.45) is 0 Å². The zero-order valence-electron chi connectivity index (χ0n) is 17.6. The second kappa shape index (κ2) is 10.6. The van der Waals surface area contributed by atoms with Crippen molar-refractivity contribution in [2.75, 3.05) is 72.9 Å². The minimum Gasteiger partial charge on any atom is -0.497 e. The molecule has 28 heavy (non-hydrogen) atoms. The number of nitrogens with zero attached hydrogens (tertiary/aromatic N) is 3. The van der Waals surface area contributed by atoms with E-state index in [1.165, 1.54) is 0 Å². The van der Waals surface area contributed by atoms with Crippen LogP contribution in [0.2, 0.25) is 0 Å². The largest absolute Gasteiger partial charge is 0.497 e. The van der Waals surface area contributed by atoms with Gasteiger partial charge in [0.05, 0.1) is 32.1 Å². The van der Waals surface area contributed by atoms with Gasteiger partial charge < -0.3 is 24.8 Å². The first kappa shape index (κ1) is 22.4. The Morgan fingerprint density at radius 3 is 2.54 bits per heavy atom. The molecule has 1 aromatic rings. The molecular formula is C20H34N4O4. The maximum atomic E-state index is 12.7. The van der Waals surface area contributed by atoms with Crippen LogP contribution in [0.15, 0.2) is 18.2 Å². The number of ether oxygens (including phenoxy) is 2. The Morgan fingerprint density at radius 2 is 1.93 bits per heavy atom. The summed E-state index contributed by atoms with van der Waals surface area (Å²) in [4.78, 5) is 19.1. The van der Waals surface area contributed by atoms with Crippen LogP contribution in [0.5, 0.6) is 11.5 Å². The Balaban J connectivity index is 1.88. The average Bonchev–Trinajstić information content (AvgIpc) is 2.68. The normalized spacial score (nSPS) is 18.0. The summed E-state index contributed by atoms with van der Waals surface area (Å²) >= 11 is 0. The number of rotatable bonds is 9. The monoisotopic (exact) mass is 394 g/mol. The van der Waals surface area contributed by atoms with Gasteiger partial charge in [-0.15, -0.1) is 0 Å². The predicted molar refractivity (Wildman–Crippen MR) is 110 cm³/mol. The number of anilines is 1. The van der Waals surface area contributed by atoms with Gasteiger partial charge in [0.2, 0.25) is 5.91 Å². The molecule has 8 nitrogen and oxygen atoms in total. The van der Waals surface area contributed by atoms with E-state index in [1.54, 1.807) is 32.4 Å². The average molecular weight is 395 g/mol. The number of aliphatic hydroxyl groups is 1. The Labute approximate surface area is 168 Å². The van der Waals surface area contributed by atoms with Crippen LogP contribution >= 0.6 is 0 Å². The van der Waals surface area contributed by atoms with Gasteiger partial charge in [-0.3, -0.25) is 14.6 Å². The van der Waals surface area contributed by atoms with Crippen molar-refractivity contribution in [1.82, 2.24) is 14.7 Å². The van der Waals surface area contributed by atoms with E-state index in [9.17, 15) is 9.90 Å². The standard InChI is InChI=1S/C20H34N4O4/c1-15(20(26)21-18-12-17(27-4)6-7-19(18)28-5)23(3)13-16(25)14-24-10-8-22(2)9-11-24/h6-7,12,15-16,25H,8-11,13-14H2,1-5H3,(H,21,26)/t15-,16-/m0/s1. The maximum absolute atomic E-state index is 12.7. The molecule has 1 fully saturated rings. The fourth-order valence-electron chi connectivity index (χ4n) is 3.23. The van der Waals surface area contributed by atoms with E-state index in [2.05, 4.69) is 22.2 Å². The van der Waals surface area contributed by atoms with Crippen molar-refractivity contribution in [3.8, 4) is 11.5 Å². The molecule has 0 bridgehead atoms. The van der Waals surface area contributed by atoms with Gasteiger partial charge in [-0.05, 0) is 33.2 Å². The lowest BCUT2D eigenvalue weighted by molar-refractivity contribution is -0.120. The number of piperazine rings is 1. The summed E-state index contributed by atoms with van der Waals surface area (Å²) in [5.41, 5.74) is 0.560. The Kier molecular flexibility index (Phi) is 8.50. The van der Waals surface area contributed by atoms with Gasteiger partial charge in [0.1, 0.15) is 11.5 Å². The van der Waals surface area contributed by atoms with E-state index in [-0.39, 0.29) is 5.91 Å². The third-order valence-corrected chi connectivity index (χ3v) is 5.27. The van der Waals surface area contributed by atoms with Gasteiger partial charge in [0.25, 0.3) is 0 Å². The molecule has 2 rings (SSSR count). The Morgan fingerprint density at radius 1 is 1.25 bits per heavy atom. The molecule has 8 heteroatoms. The minimum atomic E-state index is -0.505. The molecule has 0 aromatic heterocycles. The van der Waals surface area contributed by atoms with Crippen LogP contribution in [0, 0.1) is 0 Å². The minimum absolute atomic E-state index is 0.166. The number of aliphatic hydroxyl groups excluding tert-OH is 1. The highest BCUT2D eigenvalue weighted by atomic mass is 16.5. The number of carbonyl (C=O) groups is 1. The number of likely N-dealkylation sites (N-methyl/N-ethyl adjacent to an activating group) is 2. The number of methoxy groups -OCH3 is 2. The number of benzene rings is 1. The summed E-state index contributed by atoms with van der Waals surface area (Å²) in [5.74, 6) is 1.04. The number of hydrogen-bond acceptors (Lipinski definition) is 7. The van der Waals surface area contributed by atoms with E-state index < -0.39 is 12.1 Å². The molecule has 1 heterocycles. The topological polar surface area (TPSA) is 77.5 Å². The zero-order chi connectivity index (χ0) is 20.7. The van der Waals surface area contributed by atoms with Crippen LogP contribution < -0.4 is 14.8 Å². The van der Waals surface area contributed by atoms with E-state index in [1.807, 2.05) is 18.9 Å². The third kappa shape index (κ3) is 6.34. The molecule has 1 saturated heterocycles. The lowest BCUT2D eigenvalue weighted by Gasteiger charge is -2.34. The molecular weight excluding hydrogens is 360 g/mol. The molecule has 1 aliphatic rings. The van der Waals surface area contributed by atoms with Crippen LogP contribution in [0.25, 0.3) is 0 Å². The van der Waals surface area contributed by atoms with Crippen molar-refractivity contribution >= 4 is 11.6 Å². The predicted octanol–water partition coefficient (Wildman–Crippen LogP) is 0.571. The molecule has 0 unspecified atom stereocenters. The van der Waals surface area contributed by atoms with Gasteiger partial charge in [-0.1, -0.05) is 0 Å². The molecule has 1 amide bonds. The summed E-state index contributed by atoms with van der Waals surface area (Å²) < 4.78 is 10.5. The Hall–Kier alpha value is -1.87. The summed E-state index contributed by atoms with van der Waals surface area (Å²) in [7, 11) is 7.09. The molecule has 1 aromatic carbocycles. The molecule has 2 N–H and O–H groups in total. The number of nitrogens with one attached hydrogen (secondary N) is 1. The number of amides is 1. The van der Waals surface area contributed by atoms with Crippen LogP contribution in [-0.2, 0) is 4.79 Å². The molecule has 158 valence electrons. The third-order valence-electron chi connectivity index (χ3n) is 5.27. The lowest BCUT2D eigenvalue weighted by Crippen LogP contribution is -2.50. The molecule has 0 radical (unpaired) electrons. The van der Waals surface area contributed by atoms with Gasteiger partial charge in [0.15, 0.2) is 0 Å². The number of hydrogen-bond donors (Lipinski definition) is 2. The smallest absolute Gasteiger partial charge is 0.241 e. The molecule has 0 aliphatic carbocycles. The second-order valence-electron chi connectivity index (χ2n) is 7.43. The van der Waals surface area contributed by atoms with Crippen LogP contribution in [0.3, 0.4) is 0 Å². The highest BCUT2D eigenvalue weighted by molar-refractivity contribution is 5.96. The van der Waals surface area contributed by atoms with Crippen molar-refractivity contribution in [3.63, 3.8) is 0 Å². The van der Waals surface area contributed by atoms with Gasteiger partial charge in [-0.25, -0.2) is 0 Å². The van der Waals surface area contributed by atoms with Crippen molar-refractivity contribution in [2.45, 2.75) is 19.1 Å². The SMILES string of the molecule is COc1ccc(OC)c(NC(=O)[C@H](C)N(C)C[C@H](O)CN2CCN(C)CC2)c1. The summed E-state index contributed by atoms with van der Waals surface area (Å²) in [6.07, 6.45) is -0.505. The van der Waals surface area contributed by atoms with Crippen LogP contribution in [0.1, 0.15) is 6.92 Å². The van der Waals surface area contributed by atoms with Gasteiger partial charge >= 0.3 is 0 Å². The highest BCUT2D eigenvalue weighted by Gasteiger charge is 2.23. The zero-order valence-corrected chi connectivity index (χ0v) is 17.6. The lowest BCUT2D eigenvalue weighted by atomic mass is 10.2. The van der Waals surface area contributed by atoms with Crippen LogP contribution in [0.4, 0.5) is 5.69 Å². The first-order valence-corrected chi connectivity index (χ1v) is 9.66. The van der Waals surface area contributed by atoms with Crippen LogP contribution in [-0.4, -0.2) is 105 Å². The molecule has 1 aliphatic heterocycles. The fourth-order valence-corrected chi connectivity index (χ4v) is 3.23. The van der Waals surface area contributed by atoms with E-state index in [0.717, 1.165) is 26.2 Å². The fraction of sp³-hybridized carbons (Fsp3) is 0.650. The molecule has 0 saturated carbocycles. The summed E-state index contributed by atoms with van der Waals surface area (Å²) in [5, 5.41) is 13.3. The van der Waals surface area contributed by atoms with E-state index in [4.69, 9.17) is 9.47 Å². The van der Waals surface area contributed by atoms with Crippen molar-refractivity contribution < 1.29 is 19.4 Å². The first-order valence-electron chi connectivity index (χ1n) is 9.66. The van der Waals surface area contributed by atoms with E-state index in [0.29, 0.717) is 30.3 Å². The van der Waals surface area contributed by atoms with E-state index >= 15 is 0 Å². The van der Waals surface area contributed by atoms with Gasteiger partial charge in [-0.2, -0.15) is 0 Å². The number of carbonyl (C=O) groups excluding carboxylic acids is 1. The summed E-state index contributed by atoms with van der Waals surface area (Å²) in [6, 6.07) is 4.85. The highest BCUT2D eigenvalue weighted by Crippen LogP contribution is 2.29. The van der Waals surface area contributed by atoms with Crippen molar-refractivity contribution in [3.05, 3.63) is 18.2 Å². The molecule has 2 atom stereocenters. The van der Waals surface area contributed by atoms with Gasteiger partial charge in [0, 0.05) is 45.3 Å².